The molecule has 0 spiro atoms. The van der Waals surface area contributed by atoms with Gasteiger partial charge in [0.15, 0.2) is 15.8 Å². The highest BCUT2D eigenvalue weighted by Crippen LogP contribution is 2.39. The Morgan fingerprint density at radius 2 is 1.88 bits per heavy atom. The van der Waals surface area contributed by atoms with Crippen LogP contribution in [-0.4, -0.2) is 16.8 Å². The molecule has 1 amide bonds. The summed E-state index contributed by atoms with van der Waals surface area (Å²) >= 11 is 12.5. The standard InChI is InChI=1S/C25H19BrINO3S2/c1-2-30-21-12-17(11-20(27)23(21)31-15-16-7-4-3-5-8-16)13-22-24(29)28(25(32)33-22)19-10-6-9-18(26)14-19/h3-14H,2,15H2,1H3/b22-13+. The van der Waals surface area contributed by atoms with Gasteiger partial charge in [-0.3, -0.25) is 9.69 Å². The summed E-state index contributed by atoms with van der Waals surface area (Å²) in [6.45, 7) is 2.89. The Labute approximate surface area is 224 Å². The van der Waals surface area contributed by atoms with Gasteiger partial charge >= 0.3 is 0 Å². The molecule has 168 valence electrons. The lowest BCUT2D eigenvalue weighted by molar-refractivity contribution is -0.113. The van der Waals surface area contributed by atoms with E-state index < -0.39 is 0 Å². The number of thiocarbonyl (C=S) groups is 1. The minimum atomic E-state index is -0.138. The van der Waals surface area contributed by atoms with Crippen molar-refractivity contribution in [3.63, 3.8) is 0 Å². The average molecular weight is 652 g/mol. The first kappa shape index (κ1) is 24.3. The van der Waals surface area contributed by atoms with Crippen LogP contribution in [-0.2, 0) is 11.4 Å². The number of nitrogens with zero attached hydrogens (tertiary/aromatic N) is 1. The van der Waals surface area contributed by atoms with Gasteiger partial charge in [-0.25, -0.2) is 0 Å². The van der Waals surface area contributed by atoms with E-state index in [1.54, 1.807) is 4.90 Å². The van der Waals surface area contributed by atoms with Crippen molar-refractivity contribution in [3.05, 3.63) is 90.8 Å². The molecule has 33 heavy (non-hydrogen) atoms. The molecule has 3 aromatic carbocycles. The number of hydrogen-bond donors (Lipinski definition) is 0. The highest BCUT2D eigenvalue weighted by Gasteiger charge is 2.33. The van der Waals surface area contributed by atoms with Crippen LogP contribution < -0.4 is 14.4 Å². The second-order valence-electron chi connectivity index (χ2n) is 7.03. The predicted octanol–water partition coefficient (Wildman–Crippen LogP) is 7.44. The predicted molar refractivity (Wildman–Crippen MR) is 151 cm³/mol. The van der Waals surface area contributed by atoms with E-state index in [2.05, 4.69) is 38.5 Å². The number of carbonyl (C=O) groups is 1. The van der Waals surface area contributed by atoms with Gasteiger partial charge in [0.1, 0.15) is 6.61 Å². The summed E-state index contributed by atoms with van der Waals surface area (Å²) < 4.78 is 14.3. The van der Waals surface area contributed by atoms with Crippen molar-refractivity contribution in [2.45, 2.75) is 13.5 Å². The molecule has 1 aliphatic rings. The Hall–Kier alpha value is -1.88. The van der Waals surface area contributed by atoms with Crippen molar-refractivity contribution in [2.24, 2.45) is 0 Å². The lowest BCUT2D eigenvalue weighted by atomic mass is 10.1. The van der Waals surface area contributed by atoms with E-state index >= 15 is 0 Å². The van der Waals surface area contributed by atoms with E-state index in [4.69, 9.17) is 21.7 Å². The largest absolute Gasteiger partial charge is 0.490 e. The van der Waals surface area contributed by atoms with Crippen molar-refractivity contribution in [2.75, 3.05) is 11.5 Å². The molecule has 1 saturated heterocycles. The van der Waals surface area contributed by atoms with Crippen LogP contribution in [0.15, 0.2) is 76.1 Å². The van der Waals surface area contributed by atoms with Crippen LogP contribution in [0.5, 0.6) is 11.5 Å². The SMILES string of the molecule is CCOc1cc(/C=C2/SC(=S)N(c3cccc(Br)c3)C2=O)cc(I)c1OCc1ccccc1. The normalized spacial score (nSPS) is 14.8. The van der Waals surface area contributed by atoms with Crippen molar-refractivity contribution in [3.8, 4) is 11.5 Å². The molecule has 0 aromatic heterocycles. The van der Waals surface area contributed by atoms with Crippen LogP contribution in [0.2, 0.25) is 0 Å². The summed E-state index contributed by atoms with van der Waals surface area (Å²) in [6.07, 6.45) is 1.85. The Morgan fingerprint density at radius 1 is 1.09 bits per heavy atom. The molecule has 0 unspecified atom stereocenters. The van der Waals surface area contributed by atoms with Crippen LogP contribution in [0.4, 0.5) is 5.69 Å². The van der Waals surface area contributed by atoms with E-state index in [9.17, 15) is 4.79 Å². The molecule has 0 aliphatic carbocycles. The monoisotopic (exact) mass is 651 g/mol. The first-order valence-corrected chi connectivity index (χ1v) is 13.2. The van der Waals surface area contributed by atoms with Gasteiger partial charge in [-0.1, -0.05) is 76.3 Å². The van der Waals surface area contributed by atoms with E-state index in [0.717, 1.165) is 24.9 Å². The maximum absolute atomic E-state index is 13.1. The van der Waals surface area contributed by atoms with Crippen LogP contribution >= 0.6 is 62.5 Å². The number of amides is 1. The molecule has 0 radical (unpaired) electrons. The summed E-state index contributed by atoms with van der Waals surface area (Å²) in [5.41, 5.74) is 2.67. The molecule has 3 aromatic rings. The quantitative estimate of drug-likeness (QED) is 0.151. The fourth-order valence-corrected chi connectivity index (χ4v) is 5.73. The molecule has 0 atom stereocenters. The molecule has 1 aliphatic heterocycles. The lowest BCUT2D eigenvalue weighted by Gasteiger charge is -2.15. The van der Waals surface area contributed by atoms with Gasteiger partial charge in [-0.2, -0.15) is 0 Å². The van der Waals surface area contributed by atoms with Gasteiger partial charge in [0.2, 0.25) is 0 Å². The van der Waals surface area contributed by atoms with Gasteiger partial charge < -0.3 is 9.47 Å². The van der Waals surface area contributed by atoms with Gasteiger partial charge in [0, 0.05) is 4.47 Å². The van der Waals surface area contributed by atoms with Gasteiger partial charge in [-0.05, 0) is 77.0 Å². The Balaban J connectivity index is 1.61. The number of ether oxygens (including phenoxy) is 2. The third kappa shape index (κ3) is 5.79. The zero-order chi connectivity index (χ0) is 23.4. The maximum atomic E-state index is 13.1. The highest BCUT2D eigenvalue weighted by atomic mass is 127. The summed E-state index contributed by atoms with van der Waals surface area (Å²) in [6, 6.07) is 21.4. The molecule has 0 saturated carbocycles. The molecule has 0 N–H and O–H groups in total. The van der Waals surface area contributed by atoms with Crippen molar-refractivity contribution in [1.82, 2.24) is 0 Å². The molecule has 8 heteroatoms. The van der Waals surface area contributed by atoms with E-state index in [0.29, 0.717) is 33.9 Å². The van der Waals surface area contributed by atoms with Crippen LogP contribution in [0, 0.1) is 3.57 Å². The topological polar surface area (TPSA) is 38.8 Å². The second kappa shape index (κ2) is 11.0. The fourth-order valence-electron chi connectivity index (χ4n) is 3.26. The smallest absolute Gasteiger partial charge is 0.270 e. The zero-order valence-electron chi connectivity index (χ0n) is 17.6. The third-order valence-corrected chi connectivity index (χ3v) is 7.31. The van der Waals surface area contributed by atoms with Crippen LogP contribution in [0.3, 0.4) is 0 Å². The molecule has 4 nitrogen and oxygen atoms in total. The summed E-state index contributed by atoms with van der Waals surface area (Å²) in [5, 5.41) is 0. The average Bonchev–Trinajstić information content (AvgIpc) is 3.07. The number of anilines is 1. The zero-order valence-corrected chi connectivity index (χ0v) is 23.0. The highest BCUT2D eigenvalue weighted by molar-refractivity contribution is 14.1. The van der Waals surface area contributed by atoms with E-state index in [-0.39, 0.29) is 5.91 Å². The molecule has 4 rings (SSSR count). The van der Waals surface area contributed by atoms with Crippen molar-refractivity contribution >= 4 is 84.5 Å². The molecule has 1 heterocycles. The second-order valence-corrected chi connectivity index (χ2v) is 10.8. The Bertz CT molecular complexity index is 1230. The minimum absolute atomic E-state index is 0.138. The molecule has 0 bridgehead atoms. The first-order chi connectivity index (χ1) is 16.0. The number of benzene rings is 3. The molecular formula is C25H19BrINO3S2. The Morgan fingerprint density at radius 3 is 2.61 bits per heavy atom. The van der Waals surface area contributed by atoms with Gasteiger partial charge in [-0.15, -0.1) is 0 Å². The fraction of sp³-hybridized carbons (Fsp3) is 0.120. The number of rotatable bonds is 7. The van der Waals surface area contributed by atoms with Crippen molar-refractivity contribution in [1.29, 1.82) is 0 Å². The molecule has 1 fully saturated rings. The van der Waals surface area contributed by atoms with Gasteiger partial charge in [0.25, 0.3) is 5.91 Å². The number of thioether (sulfide) groups is 1. The number of carbonyl (C=O) groups excluding carboxylic acids is 1. The van der Waals surface area contributed by atoms with Crippen LogP contribution in [0.1, 0.15) is 18.1 Å². The number of halogens is 2. The minimum Gasteiger partial charge on any atom is -0.490 e. The van der Waals surface area contributed by atoms with Gasteiger partial charge in [0.05, 0.1) is 20.8 Å². The van der Waals surface area contributed by atoms with Crippen molar-refractivity contribution < 1.29 is 14.3 Å². The van der Waals surface area contributed by atoms with E-state index in [1.165, 1.54) is 11.8 Å². The lowest BCUT2D eigenvalue weighted by Crippen LogP contribution is -2.27. The third-order valence-electron chi connectivity index (χ3n) is 4.72. The maximum Gasteiger partial charge on any atom is 0.270 e. The first-order valence-electron chi connectivity index (χ1n) is 10.1. The molecular weight excluding hydrogens is 633 g/mol. The summed E-state index contributed by atoms with van der Waals surface area (Å²) in [5.74, 6) is 1.20. The summed E-state index contributed by atoms with van der Waals surface area (Å²) in [7, 11) is 0. The summed E-state index contributed by atoms with van der Waals surface area (Å²) in [4.78, 5) is 15.3. The van der Waals surface area contributed by atoms with E-state index in [1.807, 2.05) is 79.7 Å². The van der Waals surface area contributed by atoms with Crippen LogP contribution in [0.25, 0.3) is 6.08 Å². The Kier molecular flexibility index (Phi) is 8.11. The number of hydrogen-bond acceptors (Lipinski definition) is 5.